The number of aromatic nitrogens is 1. The molecule has 22 heavy (non-hydrogen) atoms. The Morgan fingerprint density at radius 2 is 1.73 bits per heavy atom. The summed E-state index contributed by atoms with van der Waals surface area (Å²) in [5, 5.41) is 18.0. The van der Waals surface area contributed by atoms with Crippen LogP contribution in [0, 0.1) is 12.7 Å². The summed E-state index contributed by atoms with van der Waals surface area (Å²) in [5.41, 5.74) is 3.02. The average Bonchev–Trinajstić information content (AvgIpc) is 2.48. The van der Waals surface area contributed by atoms with E-state index in [2.05, 4.69) is 10.3 Å². The maximum absolute atomic E-state index is 12.9. The van der Waals surface area contributed by atoms with Crippen LogP contribution in [0.4, 0.5) is 10.1 Å². The van der Waals surface area contributed by atoms with Gasteiger partial charge in [0.15, 0.2) is 0 Å². The predicted molar refractivity (Wildman–Crippen MR) is 78.0 cm³/mol. The molecule has 0 unspecified atom stereocenters. The van der Waals surface area contributed by atoms with E-state index in [1.54, 1.807) is 18.5 Å². The van der Waals surface area contributed by atoms with Crippen LogP contribution in [0.1, 0.15) is 11.1 Å². The van der Waals surface area contributed by atoms with E-state index in [0.29, 0.717) is 0 Å². The lowest BCUT2D eigenvalue weighted by atomic mass is 10.2. The Hall–Kier alpha value is -2.96. The molecule has 0 fully saturated rings. The van der Waals surface area contributed by atoms with Gasteiger partial charge in [0.25, 0.3) is 0 Å². The first-order valence-electron chi connectivity index (χ1n) is 6.25. The fourth-order valence-electron chi connectivity index (χ4n) is 1.52. The van der Waals surface area contributed by atoms with Crippen LogP contribution in [0.15, 0.2) is 42.7 Å². The van der Waals surface area contributed by atoms with Crippen molar-refractivity contribution < 1.29 is 24.2 Å². The number of aryl methyl sites for hydroxylation is 1. The summed E-state index contributed by atoms with van der Waals surface area (Å²) < 4.78 is 12.9. The number of benzene rings is 1. The second-order valence-corrected chi connectivity index (χ2v) is 4.28. The third-order valence-electron chi connectivity index (χ3n) is 2.60. The molecule has 7 heteroatoms. The average molecular weight is 306 g/mol. The minimum absolute atomic E-state index is 0.202. The van der Waals surface area contributed by atoms with Crippen LogP contribution in [0.5, 0.6) is 0 Å². The third-order valence-corrected chi connectivity index (χ3v) is 2.60. The van der Waals surface area contributed by atoms with Gasteiger partial charge in [0.05, 0.1) is 0 Å². The van der Waals surface area contributed by atoms with Crippen LogP contribution >= 0.6 is 0 Å². The van der Waals surface area contributed by atoms with Gasteiger partial charge in [-0.2, -0.15) is 0 Å². The second kappa shape index (κ2) is 8.35. The molecule has 116 valence electrons. The van der Waals surface area contributed by atoms with Crippen molar-refractivity contribution in [3.63, 3.8) is 0 Å². The smallest absolute Gasteiger partial charge is 0.414 e. The molecule has 0 aliphatic heterocycles. The second-order valence-electron chi connectivity index (χ2n) is 4.28. The molecule has 0 aliphatic rings. The normalized spacial score (nSPS) is 9.36. The zero-order valence-corrected chi connectivity index (χ0v) is 11.8. The van der Waals surface area contributed by atoms with Crippen LogP contribution in [0.25, 0.3) is 0 Å². The number of aliphatic carboxylic acids is 2. The van der Waals surface area contributed by atoms with Gasteiger partial charge in [-0.25, -0.2) is 14.0 Å². The summed E-state index contributed by atoms with van der Waals surface area (Å²) in [7, 11) is 0. The Balaban J connectivity index is 0.000000346. The molecule has 0 bridgehead atoms. The number of rotatable bonds is 3. The van der Waals surface area contributed by atoms with E-state index in [4.69, 9.17) is 19.8 Å². The maximum Gasteiger partial charge on any atom is 0.414 e. The van der Waals surface area contributed by atoms with Crippen molar-refractivity contribution in [1.82, 2.24) is 4.98 Å². The van der Waals surface area contributed by atoms with Crippen molar-refractivity contribution >= 4 is 17.6 Å². The van der Waals surface area contributed by atoms with Crippen molar-refractivity contribution in [2.75, 3.05) is 5.32 Å². The molecule has 0 amide bonds. The monoisotopic (exact) mass is 306 g/mol. The van der Waals surface area contributed by atoms with E-state index in [9.17, 15) is 4.39 Å². The maximum atomic E-state index is 12.9. The van der Waals surface area contributed by atoms with E-state index >= 15 is 0 Å². The zero-order chi connectivity index (χ0) is 16.5. The number of nitrogens with zero attached hydrogens (tertiary/aromatic N) is 1. The lowest BCUT2D eigenvalue weighted by Gasteiger charge is -2.09. The van der Waals surface area contributed by atoms with Crippen molar-refractivity contribution in [3.05, 3.63) is 59.7 Å². The van der Waals surface area contributed by atoms with Crippen molar-refractivity contribution in [2.45, 2.75) is 13.5 Å². The first-order valence-corrected chi connectivity index (χ1v) is 6.25. The Bertz CT molecular complexity index is 635. The number of hydrogen-bond acceptors (Lipinski definition) is 4. The predicted octanol–water partition coefficient (Wildman–Crippen LogP) is 2.30. The SMILES string of the molecule is Cc1cc(F)ccc1NCc1ccncc1.O=C(O)C(=O)O. The highest BCUT2D eigenvalue weighted by atomic mass is 19.1. The molecule has 2 aromatic rings. The summed E-state index contributed by atoms with van der Waals surface area (Å²) in [6.45, 7) is 2.60. The molecule has 0 atom stereocenters. The van der Waals surface area contributed by atoms with Gasteiger partial charge < -0.3 is 15.5 Å². The number of nitrogens with one attached hydrogen (secondary N) is 1. The van der Waals surface area contributed by atoms with Gasteiger partial charge in [-0.05, 0) is 48.4 Å². The molecule has 0 radical (unpaired) electrons. The van der Waals surface area contributed by atoms with Crippen LogP contribution in [-0.4, -0.2) is 27.1 Å². The van der Waals surface area contributed by atoms with E-state index in [0.717, 1.165) is 23.4 Å². The highest BCUT2D eigenvalue weighted by Gasteiger charge is 2.04. The van der Waals surface area contributed by atoms with Crippen molar-refractivity contribution in [2.24, 2.45) is 0 Å². The summed E-state index contributed by atoms with van der Waals surface area (Å²) in [6.07, 6.45) is 3.52. The number of halogens is 1. The van der Waals surface area contributed by atoms with E-state index in [1.807, 2.05) is 19.1 Å². The molecule has 3 N–H and O–H groups in total. The molecule has 0 saturated heterocycles. The first-order chi connectivity index (χ1) is 10.4. The van der Waals surface area contributed by atoms with Crippen molar-refractivity contribution in [1.29, 1.82) is 0 Å². The Morgan fingerprint density at radius 1 is 1.14 bits per heavy atom. The first kappa shape index (κ1) is 17.1. The molecule has 0 aliphatic carbocycles. The topological polar surface area (TPSA) is 99.5 Å². The van der Waals surface area contributed by atoms with Gasteiger partial charge in [-0.3, -0.25) is 4.98 Å². The molecule has 2 rings (SSSR count). The number of pyridine rings is 1. The molecule has 0 spiro atoms. The lowest BCUT2D eigenvalue weighted by Crippen LogP contribution is -2.09. The Morgan fingerprint density at radius 3 is 2.23 bits per heavy atom. The van der Waals surface area contributed by atoms with Crippen LogP contribution in [0.2, 0.25) is 0 Å². The quantitative estimate of drug-likeness (QED) is 0.752. The molecular weight excluding hydrogens is 291 g/mol. The third kappa shape index (κ3) is 6.00. The molecule has 6 nitrogen and oxygen atoms in total. The van der Waals surface area contributed by atoms with Crippen LogP contribution in [-0.2, 0) is 16.1 Å². The zero-order valence-electron chi connectivity index (χ0n) is 11.8. The number of carboxylic acid groups (broad SMARTS) is 2. The Labute approximate surface area is 126 Å². The highest BCUT2D eigenvalue weighted by molar-refractivity contribution is 6.27. The highest BCUT2D eigenvalue weighted by Crippen LogP contribution is 2.16. The summed E-state index contributed by atoms with van der Waals surface area (Å²) in [5.74, 6) is -3.85. The largest absolute Gasteiger partial charge is 0.473 e. The van der Waals surface area contributed by atoms with Crippen molar-refractivity contribution in [3.8, 4) is 0 Å². The number of hydrogen-bond donors (Lipinski definition) is 3. The molecule has 1 heterocycles. The summed E-state index contributed by atoms with van der Waals surface area (Å²) >= 11 is 0. The number of carboxylic acids is 2. The minimum Gasteiger partial charge on any atom is -0.473 e. The number of carbonyl (C=O) groups is 2. The summed E-state index contributed by atoms with van der Waals surface area (Å²) in [4.78, 5) is 22.2. The van der Waals surface area contributed by atoms with Gasteiger partial charge in [0.1, 0.15) is 5.82 Å². The molecular formula is C15H15FN2O4. The molecule has 1 aromatic heterocycles. The van der Waals surface area contributed by atoms with Gasteiger partial charge in [0, 0.05) is 24.6 Å². The summed E-state index contributed by atoms with van der Waals surface area (Å²) in [6, 6.07) is 8.64. The van der Waals surface area contributed by atoms with Gasteiger partial charge in [-0.15, -0.1) is 0 Å². The molecule has 0 saturated carbocycles. The van der Waals surface area contributed by atoms with Crippen LogP contribution in [0.3, 0.4) is 0 Å². The van der Waals surface area contributed by atoms with Gasteiger partial charge in [-0.1, -0.05) is 0 Å². The van der Waals surface area contributed by atoms with E-state index in [1.165, 1.54) is 12.1 Å². The number of anilines is 1. The standard InChI is InChI=1S/C13H13FN2.C2H2O4/c1-10-8-12(14)2-3-13(10)16-9-11-4-6-15-7-5-11;3-1(4)2(5)6/h2-8,16H,9H2,1H3;(H,3,4)(H,5,6). The van der Waals surface area contributed by atoms with E-state index < -0.39 is 11.9 Å². The van der Waals surface area contributed by atoms with E-state index in [-0.39, 0.29) is 5.82 Å². The fourth-order valence-corrected chi connectivity index (χ4v) is 1.52. The fraction of sp³-hybridized carbons (Fsp3) is 0.133. The van der Waals surface area contributed by atoms with Gasteiger partial charge >= 0.3 is 11.9 Å². The lowest BCUT2D eigenvalue weighted by molar-refractivity contribution is -0.159. The molecule has 1 aromatic carbocycles. The Kier molecular flexibility index (Phi) is 6.49. The minimum atomic E-state index is -1.82. The van der Waals surface area contributed by atoms with Crippen LogP contribution < -0.4 is 5.32 Å². The van der Waals surface area contributed by atoms with Gasteiger partial charge in [0.2, 0.25) is 0 Å².